The van der Waals surface area contributed by atoms with Gasteiger partial charge in [-0.25, -0.2) is 4.98 Å². The predicted octanol–water partition coefficient (Wildman–Crippen LogP) is 10.2. The molecule has 1 aliphatic rings. The number of nitrogen functional groups attached to an aromatic ring is 1. The molecule has 1 unspecified atom stereocenters. The van der Waals surface area contributed by atoms with Crippen LogP contribution >= 0.6 is 11.6 Å². The van der Waals surface area contributed by atoms with Crippen LogP contribution in [-0.4, -0.2) is 67.7 Å². The third kappa shape index (κ3) is 11.3. The summed E-state index contributed by atoms with van der Waals surface area (Å²) in [5.41, 5.74) is 17.3. The normalized spacial score (nSPS) is 13.6. The van der Waals surface area contributed by atoms with E-state index < -0.39 is 0 Å². The largest absolute Gasteiger partial charge is 0.508 e. The number of nitrogens with one attached hydrogen (secondary N) is 4. The number of benzene rings is 4. The van der Waals surface area contributed by atoms with E-state index in [1.807, 2.05) is 63.5 Å². The van der Waals surface area contributed by atoms with E-state index in [9.17, 15) is 19.5 Å². The van der Waals surface area contributed by atoms with Crippen molar-refractivity contribution in [2.75, 3.05) is 25.4 Å². The third-order valence-electron chi connectivity index (χ3n) is 12.7. The van der Waals surface area contributed by atoms with Gasteiger partial charge in [0.1, 0.15) is 23.0 Å². The van der Waals surface area contributed by atoms with E-state index in [4.69, 9.17) is 22.1 Å². The lowest BCUT2D eigenvalue weighted by Gasteiger charge is -2.23. The number of aromatic hydroxyl groups is 1. The smallest absolute Gasteiger partial charge is 0.300 e. The van der Waals surface area contributed by atoms with Gasteiger partial charge in [0.2, 0.25) is 5.91 Å². The molecular formula is C54H58ClN9O5. The molecule has 14 nitrogen and oxygen atoms in total. The van der Waals surface area contributed by atoms with Crippen molar-refractivity contribution in [2.24, 2.45) is 18.0 Å². The zero-order valence-electron chi connectivity index (χ0n) is 39.4. The van der Waals surface area contributed by atoms with Crippen LogP contribution in [0.15, 0.2) is 102 Å². The monoisotopic (exact) mass is 947 g/mol. The first-order chi connectivity index (χ1) is 33.4. The summed E-state index contributed by atoms with van der Waals surface area (Å²) >= 11 is 6.74. The Labute approximate surface area is 406 Å². The Morgan fingerprint density at radius 3 is 2.43 bits per heavy atom. The van der Waals surface area contributed by atoms with Gasteiger partial charge in [0.15, 0.2) is 0 Å². The molecule has 7 N–H and O–H groups in total. The number of allylic oxidation sites excluding steroid dienone is 1. The Hall–Kier alpha value is -7.45. The van der Waals surface area contributed by atoms with Gasteiger partial charge in [-0.3, -0.25) is 19.4 Å². The van der Waals surface area contributed by atoms with Gasteiger partial charge in [0, 0.05) is 90.8 Å². The quantitative estimate of drug-likeness (QED) is 0.0430. The summed E-state index contributed by atoms with van der Waals surface area (Å²) in [6, 6.07) is 24.7. The number of rotatable bonds is 19. The second kappa shape index (κ2) is 21.7. The van der Waals surface area contributed by atoms with Gasteiger partial charge in [-0.2, -0.15) is 4.98 Å². The van der Waals surface area contributed by atoms with Crippen LogP contribution in [0.4, 0.5) is 5.82 Å². The molecule has 3 amide bonds. The highest BCUT2D eigenvalue weighted by Gasteiger charge is 2.26. The molecule has 4 aromatic carbocycles. The van der Waals surface area contributed by atoms with Crippen LogP contribution < -0.4 is 26.4 Å². The van der Waals surface area contributed by atoms with E-state index in [-0.39, 0.29) is 29.4 Å². The van der Waals surface area contributed by atoms with Crippen LogP contribution in [0, 0.1) is 12.8 Å². The fourth-order valence-corrected chi connectivity index (χ4v) is 9.19. The molecular weight excluding hydrogens is 890 g/mol. The maximum atomic E-state index is 13.2. The molecule has 0 saturated carbocycles. The summed E-state index contributed by atoms with van der Waals surface area (Å²) in [5, 5.41) is 20.3. The molecule has 0 saturated heterocycles. The van der Waals surface area contributed by atoms with Gasteiger partial charge in [-0.05, 0) is 115 Å². The molecule has 4 heterocycles. The Morgan fingerprint density at radius 1 is 0.884 bits per heavy atom. The number of phenolic OH excluding ortho intramolecular Hbond substituents is 1. The molecule has 356 valence electrons. The number of ether oxygens (including phenoxy) is 1. The molecule has 0 fully saturated rings. The van der Waals surface area contributed by atoms with E-state index >= 15 is 0 Å². The third-order valence-corrected chi connectivity index (χ3v) is 13.0. The number of unbranched alkanes of at least 4 members (excludes halogenated alkanes) is 4. The van der Waals surface area contributed by atoms with Gasteiger partial charge in [-0.1, -0.05) is 69.0 Å². The highest BCUT2D eigenvalue weighted by molar-refractivity contribution is 6.40. The lowest BCUT2D eigenvalue weighted by Crippen LogP contribution is -2.40. The number of phenols is 1. The second-order valence-electron chi connectivity index (χ2n) is 17.6. The number of imidazole rings is 1. The number of H-pyrrole nitrogens is 1. The number of amides is 3. The van der Waals surface area contributed by atoms with E-state index in [2.05, 4.69) is 71.7 Å². The molecule has 7 aromatic rings. The van der Waals surface area contributed by atoms with Crippen molar-refractivity contribution in [1.29, 1.82) is 0 Å². The zero-order chi connectivity index (χ0) is 48.6. The molecule has 0 radical (unpaired) electrons. The minimum Gasteiger partial charge on any atom is -0.508 e. The topological polar surface area (TPSA) is 202 Å². The maximum Gasteiger partial charge on any atom is 0.300 e. The Kier molecular flexibility index (Phi) is 15.1. The first kappa shape index (κ1) is 48.0. The summed E-state index contributed by atoms with van der Waals surface area (Å²) in [6.07, 6.45) is 11.6. The Balaban J connectivity index is 0.718. The molecule has 0 bridgehead atoms. The average Bonchev–Trinajstić information content (AvgIpc) is 3.92. The highest BCUT2D eigenvalue weighted by atomic mass is 35.5. The standard InChI is InChI=1S/C54H58ClN9O5/c1-5-40-43(31-61-51(56)49(40)34-13-16-38(65)17-14-34)37-25-33(3)50(60-30-37)53(68)59-23-22-57-48(66)11-9-7-6-8-10-21-58-52(67)41-27-39(18-12-32(41)2)69-54-62-45-28-42(44(55)29-46(45)63-54)35-15-19-47-36(26-35)20-24-64(47)4/h12-20,24,26-31,33,65H,5-11,21-23,25H2,1-4H3,(H2,56,61)(H,57,66)(H,58,67)(H,59,68)(H,62,63). The number of nitrogens with zero attached hydrogens (tertiary/aromatic N) is 4. The van der Waals surface area contributed by atoms with E-state index in [0.717, 1.165) is 93.0 Å². The van der Waals surface area contributed by atoms with Gasteiger partial charge in [0.05, 0.1) is 16.1 Å². The maximum absolute atomic E-state index is 13.2. The number of aliphatic imine (C=N–C) groups is 1. The number of fused-ring (bicyclic) bond motifs is 2. The molecule has 0 aliphatic carbocycles. The van der Waals surface area contributed by atoms with Gasteiger partial charge in [-0.15, -0.1) is 0 Å². The van der Waals surface area contributed by atoms with Crippen LogP contribution in [0.3, 0.4) is 0 Å². The molecule has 1 atom stereocenters. The van der Waals surface area contributed by atoms with Crippen molar-refractivity contribution in [2.45, 2.75) is 72.1 Å². The molecule has 1 aliphatic heterocycles. The van der Waals surface area contributed by atoms with Crippen molar-refractivity contribution in [3.63, 3.8) is 0 Å². The minimum atomic E-state index is -0.255. The number of anilines is 1. The molecule has 0 spiro atoms. The highest BCUT2D eigenvalue weighted by Crippen LogP contribution is 2.38. The number of carbonyl (C=O) groups excluding carboxylic acids is 3. The summed E-state index contributed by atoms with van der Waals surface area (Å²) in [6.45, 7) is 7.07. The summed E-state index contributed by atoms with van der Waals surface area (Å²) in [7, 11) is 2.02. The van der Waals surface area contributed by atoms with Crippen molar-refractivity contribution >= 4 is 68.4 Å². The number of pyridine rings is 1. The minimum absolute atomic E-state index is 0.0552. The van der Waals surface area contributed by atoms with Gasteiger partial charge < -0.3 is 41.1 Å². The van der Waals surface area contributed by atoms with Crippen molar-refractivity contribution in [1.82, 2.24) is 35.5 Å². The molecule has 3 aromatic heterocycles. The molecule has 8 rings (SSSR count). The Morgan fingerprint density at radius 2 is 1.64 bits per heavy atom. The van der Waals surface area contributed by atoms with Gasteiger partial charge in [0.25, 0.3) is 17.8 Å². The van der Waals surface area contributed by atoms with E-state index in [0.29, 0.717) is 78.3 Å². The SMILES string of the molecule is CCc1c(C2=CN=C(C(=O)NCCNC(=O)CCCCCCCNC(=O)c3cc(Oc4nc5cc(-c6ccc7c(ccn7C)c6)c(Cl)cc5[nH]4)ccc3C)C(C)C2)cnc(N)c1-c1ccc(O)cc1. The van der Waals surface area contributed by atoms with E-state index in [1.54, 1.807) is 30.6 Å². The first-order valence-corrected chi connectivity index (χ1v) is 23.9. The van der Waals surface area contributed by atoms with Crippen LogP contribution in [0.25, 0.3) is 49.8 Å². The van der Waals surface area contributed by atoms with Crippen LogP contribution in [0.1, 0.15) is 85.8 Å². The van der Waals surface area contributed by atoms with Crippen molar-refractivity contribution < 1.29 is 24.2 Å². The number of aromatic nitrogens is 4. The predicted molar refractivity (Wildman–Crippen MR) is 275 cm³/mol. The number of aryl methyl sites for hydroxylation is 2. The van der Waals surface area contributed by atoms with E-state index in [1.165, 1.54) is 0 Å². The Bertz CT molecular complexity index is 3100. The fourth-order valence-electron chi connectivity index (χ4n) is 8.92. The number of halogens is 1. The second-order valence-corrected chi connectivity index (χ2v) is 18.0. The fraction of sp³-hybridized carbons (Fsp3) is 0.296. The number of carbonyl (C=O) groups is 3. The van der Waals surface area contributed by atoms with Crippen LogP contribution in [0.2, 0.25) is 5.02 Å². The number of hydrogen-bond acceptors (Lipinski definition) is 9. The zero-order valence-corrected chi connectivity index (χ0v) is 40.2. The molecule has 15 heteroatoms. The number of aromatic amines is 1. The average molecular weight is 949 g/mol. The lowest BCUT2D eigenvalue weighted by atomic mass is 9.86. The first-order valence-electron chi connectivity index (χ1n) is 23.6. The lowest BCUT2D eigenvalue weighted by molar-refractivity contribution is -0.121. The summed E-state index contributed by atoms with van der Waals surface area (Å²) < 4.78 is 8.18. The number of hydrogen-bond donors (Lipinski definition) is 6. The van der Waals surface area contributed by atoms with Crippen LogP contribution in [0.5, 0.6) is 17.5 Å². The van der Waals surface area contributed by atoms with Crippen LogP contribution in [-0.2, 0) is 23.1 Å². The van der Waals surface area contributed by atoms with Crippen molar-refractivity contribution in [3.05, 3.63) is 125 Å². The summed E-state index contributed by atoms with van der Waals surface area (Å²) in [4.78, 5) is 55.7. The van der Waals surface area contributed by atoms with Gasteiger partial charge >= 0.3 is 0 Å². The summed E-state index contributed by atoms with van der Waals surface area (Å²) in [5.74, 6) is 0.461. The molecule has 69 heavy (non-hydrogen) atoms. The number of nitrogens with two attached hydrogens (primary N) is 1. The van der Waals surface area contributed by atoms with Crippen molar-refractivity contribution in [3.8, 4) is 39.8 Å².